The second-order valence-corrected chi connectivity index (χ2v) is 7.67. The van der Waals surface area contributed by atoms with Crippen LogP contribution in [0.4, 0.5) is 5.69 Å². The van der Waals surface area contributed by atoms with Gasteiger partial charge in [-0.2, -0.15) is 4.31 Å². The Morgan fingerprint density at radius 3 is 2.58 bits per heavy atom. The number of nitrogens with one attached hydrogen (secondary N) is 1. The van der Waals surface area contributed by atoms with Crippen LogP contribution in [0.25, 0.3) is 0 Å². The summed E-state index contributed by atoms with van der Waals surface area (Å²) in [5.74, 6) is 0.166. The molecule has 0 radical (unpaired) electrons. The average molecular weight is 374 g/mol. The molecule has 26 heavy (non-hydrogen) atoms. The van der Waals surface area contributed by atoms with Gasteiger partial charge in [0, 0.05) is 18.3 Å². The van der Waals surface area contributed by atoms with Gasteiger partial charge >= 0.3 is 0 Å². The monoisotopic (exact) mass is 374 g/mol. The number of hydrogen-bond acceptors (Lipinski definition) is 4. The topological polar surface area (TPSA) is 75.7 Å². The number of rotatable bonds is 9. The molecular formula is C19H22N2O4S. The first-order valence-corrected chi connectivity index (χ1v) is 9.86. The van der Waals surface area contributed by atoms with Crippen LogP contribution in [0.2, 0.25) is 0 Å². The summed E-state index contributed by atoms with van der Waals surface area (Å²) < 4.78 is 30.6. The lowest BCUT2D eigenvalue weighted by Crippen LogP contribution is -2.36. The van der Waals surface area contributed by atoms with Crippen molar-refractivity contribution in [2.75, 3.05) is 24.7 Å². The average Bonchev–Trinajstić information content (AvgIpc) is 2.60. The van der Waals surface area contributed by atoms with Crippen molar-refractivity contribution in [1.82, 2.24) is 4.31 Å². The van der Waals surface area contributed by atoms with Crippen LogP contribution in [0.15, 0.2) is 67.3 Å². The molecule has 0 heterocycles. The van der Waals surface area contributed by atoms with Crippen molar-refractivity contribution in [2.24, 2.45) is 0 Å². The van der Waals surface area contributed by atoms with Gasteiger partial charge in [-0.05, 0) is 17.7 Å². The highest BCUT2D eigenvalue weighted by molar-refractivity contribution is 7.88. The third-order valence-corrected chi connectivity index (χ3v) is 4.67. The number of ether oxygens (including phenoxy) is 1. The van der Waals surface area contributed by atoms with E-state index in [-0.39, 0.29) is 13.1 Å². The molecule has 0 aromatic heterocycles. The summed E-state index contributed by atoms with van der Waals surface area (Å²) >= 11 is 0. The van der Waals surface area contributed by atoms with Crippen LogP contribution in [-0.4, -0.2) is 38.0 Å². The van der Waals surface area contributed by atoms with E-state index in [0.717, 1.165) is 16.1 Å². The van der Waals surface area contributed by atoms with Crippen LogP contribution < -0.4 is 10.1 Å². The van der Waals surface area contributed by atoms with Crippen molar-refractivity contribution in [3.05, 3.63) is 72.8 Å². The first-order chi connectivity index (χ1) is 12.4. The molecule has 2 rings (SSSR count). The Balaban J connectivity index is 2.04. The zero-order valence-corrected chi connectivity index (χ0v) is 15.4. The van der Waals surface area contributed by atoms with Crippen molar-refractivity contribution >= 4 is 21.6 Å². The number of carbonyl (C=O) groups is 1. The SMILES string of the molecule is C=CCOc1cccc(NC(=O)CN(Cc2ccccc2)S(C)(=O)=O)c1. The highest BCUT2D eigenvalue weighted by atomic mass is 32.2. The van der Waals surface area contributed by atoms with Gasteiger partial charge in [0.1, 0.15) is 12.4 Å². The number of benzene rings is 2. The third-order valence-electron chi connectivity index (χ3n) is 3.48. The van der Waals surface area contributed by atoms with Gasteiger partial charge in [-0.3, -0.25) is 4.79 Å². The maximum absolute atomic E-state index is 12.3. The van der Waals surface area contributed by atoms with Gasteiger partial charge in [0.25, 0.3) is 0 Å². The summed E-state index contributed by atoms with van der Waals surface area (Å²) in [4.78, 5) is 12.3. The fourth-order valence-corrected chi connectivity index (χ4v) is 2.99. The molecule has 0 saturated heterocycles. The van der Waals surface area contributed by atoms with E-state index >= 15 is 0 Å². The molecule has 0 bridgehead atoms. The maximum Gasteiger partial charge on any atom is 0.239 e. The fraction of sp³-hybridized carbons (Fsp3) is 0.211. The minimum atomic E-state index is -3.53. The standard InChI is InChI=1S/C19H22N2O4S/c1-3-12-25-18-11-7-10-17(13-18)20-19(22)15-21(26(2,23)24)14-16-8-5-4-6-9-16/h3-11,13H,1,12,14-15H2,2H3,(H,20,22). The summed E-state index contributed by atoms with van der Waals surface area (Å²) in [6.07, 6.45) is 2.71. The lowest BCUT2D eigenvalue weighted by atomic mass is 10.2. The summed E-state index contributed by atoms with van der Waals surface area (Å²) in [5.41, 5.74) is 1.34. The normalized spacial score (nSPS) is 11.2. The van der Waals surface area contributed by atoms with Gasteiger partial charge in [-0.1, -0.05) is 49.1 Å². The number of carbonyl (C=O) groups excluding carboxylic acids is 1. The number of sulfonamides is 1. The highest BCUT2D eigenvalue weighted by Gasteiger charge is 2.20. The minimum Gasteiger partial charge on any atom is -0.489 e. The van der Waals surface area contributed by atoms with E-state index in [9.17, 15) is 13.2 Å². The van der Waals surface area contributed by atoms with Crippen LogP contribution in [-0.2, 0) is 21.4 Å². The zero-order valence-electron chi connectivity index (χ0n) is 14.6. The maximum atomic E-state index is 12.3. The van der Waals surface area contributed by atoms with Gasteiger partial charge in [-0.15, -0.1) is 0 Å². The van der Waals surface area contributed by atoms with E-state index in [0.29, 0.717) is 18.0 Å². The lowest BCUT2D eigenvalue weighted by Gasteiger charge is -2.19. The Kier molecular flexibility index (Phi) is 6.94. The molecule has 1 amide bonds. The van der Waals surface area contributed by atoms with E-state index in [1.165, 1.54) is 0 Å². The van der Waals surface area contributed by atoms with Crippen molar-refractivity contribution in [3.63, 3.8) is 0 Å². The van der Waals surface area contributed by atoms with Gasteiger partial charge in [-0.25, -0.2) is 8.42 Å². The number of nitrogens with zero attached hydrogens (tertiary/aromatic N) is 1. The second-order valence-electron chi connectivity index (χ2n) is 5.69. The first kappa shape index (κ1) is 19.7. The van der Waals surface area contributed by atoms with Crippen LogP contribution in [0.1, 0.15) is 5.56 Å². The summed E-state index contributed by atoms with van der Waals surface area (Å²) in [6, 6.07) is 16.0. The molecule has 0 saturated carbocycles. The van der Waals surface area contributed by atoms with Crippen molar-refractivity contribution in [2.45, 2.75) is 6.54 Å². The van der Waals surface area contributed by atoms with Crippen LogP contribution >= 0.6 is 0 Å². The van der Waals surface area contributed by atoms with Gasteiger partial charge in [0.2, 0.25) is 15.9 Å². The molecule has 7 heteroatoms. The van der Waals surface area contributed by atoms with E-state index in [1.807, 2.05) is 30.3 Å². The molecule has 2 aromatic rings. The quantitative estimate of drug-likeness (QED) is 0.685. The van der Waals surface area contributed by atoms with Crippen molar-refractivity contribution < 1.29 is 17.9 Å². The molecule has 0 aliphatic rings. The lowest BCUT2D eigenvalue weighted by molar-refractivity contribution is -0.116. The Bertz CT molecular complexity index is 851. The highest BCUT2D eigenvalue weighted by Crippen LogP contribution is 2.17. The van der Waals surface area contributed by atoms with E-state index < -0.39 is 15.9 Å². The Hall–Kier alpha value is -2.64. The number of amides is 1. The van der Waals surface area contributed by atoms with Gasteiger partial charge < -0.3 is 10.1 Å². The Morgan fingerprint density at radius 2 is 1.92 bits per heavy atom. The van der Waals surface area contributed by atoms with E-state index in [4.69, 9.17) is 4.74 Å². The van der Waals surface area contributed by atoms with Crippen LogP contribution in [0.5, 0.6) is 5.75 Å². The fourth-order valence-electron chi connectivity index (χ4n) is 2.26. The minimum absolute atomic E-state index is 0.135. The summed E-state index contributed by atoms with van der Waals surface area (Å²) in [5, 5.41) is 2.70. The largest absolute Gasteiger partial charge is 0.489 e. The molecule has 0 atom stereocenters. The Morgan fingerprint density at radius 1 is 1.19 bits per heavy atom. The predicted octanol–water partition coefficient (Wildman–Crippen LogP) is 2.65. The molecular weight excluding hydrogens is 352 g/mol. The number of anilines is 1. The molecule has 138 valence electrons. The summed E-state index contributed by atoms with van der Waals surface area (Å²) in [7, 11) is -3.53. The van der Waals surface area contributed by atoms with Crippen molar-refractivity contribution in [1.29, 1.82) is 0 Å². The molecule has 0 spiro atoms. The van der Waals surface area contributed by atoms with E-state index in [1.54, 1.807) is 30.3 Å². The van der Waals surface area contributed by atoms with Crippen LogP contribution in [0, 0.1) is 0 Å². The molecule has 0 fully saturated rings. The second kappa shape index (κ2) is 9.17. The zero-order chi connectivity index (χ0) is 19.0. The molecule has 2 aromatic carbocycles. The third kappa shape index (κ3) is 6.34. The molecule has 0 unspecified atom stereocenters. The number of hydrogen-bond donors (Lipinski definition) is 1. The van der Waals surface area contributed by atoms with Crippen LogP contribution in [0.3, 0.4) is 0 Å². The molecule has 0 aliphatic heterocycles. The van der Waals surface area contributed by atoms with Gasteiger partial charge in [0.15, 0.2) is 0 Å². The first-order valence-electron chi connectivity index (χ1n) is 8.01. The smallest absolute Gasteiger partial charge is 0.239 e. The molecule has 6 nitrogen and oxygen atoms in total. The predicted molar refractivity (Wildman–Crippen MR) is 102 cm³/mol. The summed E-state index contributed by atoms with van der Waals surface area (Å²) in [6.45, 7) is 3.80. The molecule has 0 aliphatic carbocycles. The van der Waals surface area contributed by atoms with Crippen molar-refractivity contribution in [3.8, 4) is 5.75 Å². The van der Waals surface area contributed by atoms with E-state index in [2.05, 4.69) is 11.9 Å². The Labute approximate surface area is 154 Å². The molecule has 1 N–H and O–H groups in total. The van der Waals surface area contributed by atoms with Gasteiger partial charge in [0.05, 0.1) is 12.8 Å².